The van der Waals surface area contributed by atoms with Gasteiger partial charge in [0.05, 0.1) is 107 Å². The lowest BCUT2D eigenvalue weighted by Crippen LogP contribution is -2.34. The fraction of sp³-hybridized carbons (Fsp3) is 0.569. The van der Waals surface area contributed by atoms with Gasteiger partial charge in [0.1, 0.15) is 150 Å². The van der Waals surface area contributed by atoms with E-state index in [-0.39, 0.29) is 93.7 Å². The van der Waals surface area contributed by atoms with Gasteiger partial charge < -0.3 is 161 Å². The van der Waals surface area contributed by atoms with Crippen molar-refractivity contribution in [1.82, 2.24) is 96.8 Å². The molecule has 7 saturated heterocycles. The minimum absolute atomic E-state index is 0.0128. The Bertz CT molecular complexity index is 7530. The first kappa shape index (κ1) is 110. The lowest BCUT2D eigenvalue weighted by Gasteiger charge is -2.36. The Labute approximate surface area is 855 Å². The van der Waals surface area contributed by atoms with Crippen molar-refractivity contribution in [3.05, 3.63) is 162 Å². The molecule has 7 aliphatic rings. The minimum Gasteiger partial charge on any atom is -0.780 e. The van der Waals surface area contributed by atoms with E-state index in [9.17, 15) is 67.4 Å². The number of H-pyrrole nitrogens is 4. The summed E-state index contributed by atoms with van der Waals surface area (Å²) in [6.07, 6.45) is -19.3. The van der Waals surface area contributed by atoms with E-state index in [1.54, 1.807) is 11.5 Å². The van der Waals surface area contributed by atoms with Crippen LogP contribution >= 0.6 is 47.1 Å². The summed E-state index contributed by atoms with van der Waals surface area (Å²) in [5.41, 5.74) is 18.3. The number of anilines is 4. The molecule has 28 atom stereocenters. The maximum atomic E-state index is 15.0. The van der Waals surface area contributed by atoms with Gasteiger partial charge >= 0.3 is 22.8 Å². The van der Waals surface area contributed by atoms with Crippen molar-refractivity contribution in [2.45, 2.75) is 215 Å². The van der Waals surface area contributed by atoms with Crippen LogP contribution in [0.2, 0.25) is 0 Å². The molecule has 7 unspecified atom stereocenters. The van der Waals surface area contributed by atoms with Gasteiger partial charge in [0.15, 0.2) is 40.9 Å². The van der Waals surface area contributed by atoms with Crippen LogP contribution in [0.3, 0.4) is 0 Å². The molecule has 0 amide bonds. The lowest BCUT2D eigenvalue weighted by atomic mass is 10.1. The van der Waals surface area contributed by atoms with E-state index in [1.807, 2.05) is 0 Å². The summed E-state index contributed by atoms with van der Waals surface area (Å²) >= 11 is 38.0. The van der Waals surface area contributed by atoms with E-state index in [4.69, 9.17) is 203 Å². The van der Waals surface area contributed by atoms with Crippen molar-refractivity contribution < 1.29 is 130 Å². The molecule has 146 heavy (non-hydrogen) atoms. The van der Waals surface area contributed by atoms with Gasteiger partial charge in [0.2, 0.25) is 5.95 Å². The number of nitrogens with one attached hydrogen (secondary N) is 4. The van der Waals surface area contributed by atoms with Gasteiger partial charge in [-0.1, -0.05) is 77.8 Å². The van der Waals surface area contributed by atoms with Crippen LogP contribution in [-0.2, 0) is 184 Å². The Morgan fingerprint density at radius 3 is 0.993 bits per heavy atom. The summed E-state index contributed by atoms with van der Waals surface area (Å²) < 4.78 is 149. The van der Waals surface area contributed by atoms with Crippen molar-refractivity contribution in [3.8, 4) is 0 Å². The first-order valence-electron chi connectivity index (χ1n) is 43.7. The number of aromatic nitrogens is 20. The van der Waals surface area contributed by atoms with E-state index >= 15 is 4.89 Å². The topological polar surface area (TPSA) is 804 Å². The quantitative estimate of drug-likeness (QED) is 0.0143. The molecule has 0 spiro atoms. The second kappa shape index (κ2) is 44.2. The molecule has 7 aliphatic heterocycles. The molecule has 17 rings (SSSR count). The highest BCUT2D eigenvalue weighted by molar-refractivity contribution is 8.32. The Balaban J connectivity index is 0.578. The fourth-order valence-corrected chi connectivity index (χ4v) is 26.7. The predicted octanol–water partition coefficient (Wildman–Crippen LogP) is -2.70. The van der Waals surface area contributed by atoms with Crippen molar-refractivity contribution in [3.63, 3.8) is 0 Å². The fourth-order valence-electron chi connectivity index (χ4n) is 17.0. The van der Waals surface area contributed by atoms with Crippen molar-refractivity contribution in [1.29, 1.82) is 0 Å². The molecular weight excluding hydrogens is 2220 g/mol. The average molecular weight is 2310 g/mol. The van der Waals surface area contributed by atoms with Gasteiger partial charge in [-0.3, -0.25) is 75.6 Å². The summed E-state index contributed by atoms with van der Waals surface area (Å²) in [5, 5.41) is 0. The van der Waals surface area contributed by atoms with Crippen LogP contribution in [0.5, 0.6) is 0 Å². The maximum Gasteiger partial charge on any atom is 0.351 e. The third kappa shape index (κ3) is 25.4. The summed E-state index contributed by atoms with van der Waals surface area (Å²) in [7, 11) is 1.03. The van der Waals surface area contributed by atoms with Crippen LogP contribution < -0.4 is 97.3 Å². The second-order valence-corrected chi connectivity index (χ2v) is 53.0. The third-order valence-electron chi connectivity index (χ3n) is 24.1. The predicted molar refractivity (Wildman–Crippen MR) is 515 cm³/mol. The summed E-state index contributed by atoms with van der Waals surface area (Å²) in [6.45, 7) is -31.4. The summed E-state index contributed by atoms with van der Waals surface area (Å²) in [4.78, 5) is 238. The Kier molecular flexibility index (Phi) is 33.4. The zero-order valence-corrected chi connectivity index (χ0v) is 88.3. The number of nitrogen functional groups attached to an aromatic ring is 4. The van der Waals surface area contributed by atoms with Crippen LogP contribution in [0.15, 0.2) is 94.8 Å². The van der Waals surface area contributed by atoms with Crippen LogP contribution in [0.4, 0.5) is 23.4 Å². The van der Waals surface area contributed by atoms with Crippen LogP contribution in [0.25, 0.3) is 33.5 Å². The highest BCUT2D eigenvalue weighted by Gasteiger charge is 2.50. The molecule has 10 aromatic heterocycles. The molecule has 0 aliphatic carbocycles. The lowest BCUT2D eigenvalue weighted by molar-refractivity contribution is -0.221. The van der Waals surface area contributed by atoms with Gasteiger partial charge in [-0.25, -0.2) is 54.1 Å². The second-order valence-electron chi connectivity index (χ2n) is 33.9. The summed E-state index contributed by atoms with van der Waals surface area (Å²) in [5.74, 6) is -0.370. The van der Waals surface area contributed by atoms with Gasteiger partial charge in [0, 0.05) is 99.1 Å². The number of hydrogen-bond donors (Lipinski definition) is 8. The molecule has 10 aromatic rings. The number of aryl methyl sites for hydroxylation is 4. The Morgan fingerprint density at radius 1 is 0.363 bits per heavy atom. The van der Waals surface area contributed by atoms with Crippen LogP contribution in [0, 0.1) is 27.7 Å². The first-order valence-corrected chi connectivity index (χ1v) is 61.6. The number of aromatic amines is 4. The highest BCUT2D eigenvalue weighted by Crippen LogP contribution is 2.57. The number of nitrogens with two attached hydrogens (primary N) is 4. The monoisotopic (exact) mass is 2310 g/mol. The van der Waals surface area contributed by atoms with Gasteiger partial charge in [-0.15, -0.1) is 0 Å². The van der Waals surface area contributed by atoms with Crippen molar-refractivity contribution in [2.24, 2.45) is 0 Å². The van der Waals surface area contributed by atoms with E-state index in [0.717, 1.165) is 44.1 Å². The molecule has 0 aromatic carbocycles. The number of hydrogen-bond acceptors (Lipinski definition) is 56. The van der Waals surface area contributed by atoms with Gasteiger partial charge in [-0.05, 0) is 34.1 Å². The maximum absolute atomic E-state index is 15.0. The molecule has 796 valence electrons. The Morgan fingerprint density at radius 2 is 0.651 bits per heavy atom. The highest BCUT2D eigenvalue weighted by atomic mass is 32.7. The van der Waals surface area contributed by atoms with E-state index < -0.39 is 280 Å². The molecule has 0 saturated carbocycles. The Hall–Kier alpha value is -7.03. The van der Waals surface area contributed by atoms with Crippen molar-refractivity contribution in [2.75, 3.05) is 69.7 Å². The number of imidazole rings is 3. The van der Waals surface area contributed by atoms with Gasteiger partial charge in [0.25, 0.3) is 22.2 Å². The van der Waals surface area contributed by atoms with E-state index in [0.29, 0.717) is 17.6 Å². The molecular formula is C72H88N24O36P7S7-7. The van der Waals surface area contributed by atoms with Crippen molar-refractivity contribution >= 4 is 187 Å². The SMILES string of the molecule is CC[C@H]1O[C@@H](n2cnc3c(N)ncnc32)C[C@H]1OP([O-])(=S)OC[C@H]1O[C@@H](n2cc(C)c(=O)[nH]c2=O)C[C@H]1OP(=O)([S-])OC[C@H]1O[C@@H](n2cc(C)c(=O)[nH]c2=O)C[C@H]1OP([O-])(=S)OC[C@H]1O[C@@H](n2cc(C)c(N)nc2=O)C[C@H]1OP([O-])(=S)OC[C@H]1O[C@@H](n2cnc3c(N)ncnc32)C[C@H]1OP([O-])(=S)OC[C@H]1O[C@@H](n2cc(C)c(=O)[nH]c2=O)C[C@H]1OP([O-])(=S)OC[C@H]1O[C@@H](n2cnc3c(=O)[nH]c(N)nc32)C[C@H]1OP([O-])(=S)OC. The van der Waals surface area contributed by atoms with E-state index in [1.165, 1.54) is 74.5 Å². The number of nitrogens with zero attached hydrogens (tertiary/aromatic N) is 16. The molecule has 7 fully saturated rings. The standard InChI is InChI=1S/C72H95N24O36P7S7/c1-7-34-35(8-52(119-34)94-27-81-55-59(74)77-25-79-61(55)94)127-134(106,141)113-20-44-38(10-49(121-44)91-16-31(3)64(97)87-70(91)102)130-137(109,144)116-22-45-40(12-51(122-45)93-18-33(5)66(99)89-72(93)104)131-136(108,143)115-21-43-37(9-48(120-43)90-15-30(2)58(73)84-69(90)101)128-138(110,145)118-24-47-41(14-53(124-47)95-28-82-56-60(75)78-26-80-62(56)95)132-139(111,146)117-23-46-39(11-50(123-46)92-17-32(4)65(98)88-71(92)103)129-135(107,142)114-19-42-36(126-133(105,140)112-6)13-54(125-42)96-29-83-57-63(96)85-68(76)86-67(57)100/h15-18,25-29,34-54H,7-14,19-24H2,1-6H3,(H,105,140)(H,106,141)(H,107,142)(H,108,143)(H,109,144)(H,110,145)(H,111,146)(H2,73,84,101)(H2,74,77,79)(H2,75,78,80)(H,87,97,102)(H,88,98,103)(H,89,99,104)(H3,76,85,86,100)/p-7/t34-,35-,36-,37-,38-,39-,40-,41-,42-,43-,44-,45-,46-,47-,48-,49-,50-,51-,52-,53-,54-,133?,134?,135?,136?,137?,138?,139?/m1/s1. The molecule has 74 heteroatoms. The summed E-state index contributed by atoms with van der Waals surface area (Å²) in [6, 6.07) is 0. The largest absolute Gasteiger partial charge is 0.780 e. The number of rotatable bonds is 41. The van der Waals surface area contributed by atoms with Crippen LogP contribution in [-0.4, -0.2) is 229 Å². The molecule has 17 heterocycles. The smallest absolute Gasteiger partial charge is 0.351 e. The molecule has 0 radical (unpaired) electrons. The zero-order valence-electron chi connectivity index (χ0n) is 76.4. The minimum atomic E-state index is -5.05. The van der Waals surface area contributed by atoms with Crippen LogP contribution in [0.1, 0.15) is 124 Å². The average Bonchev–Trinajstić information content (AvgIpc) is 1.63. The van der Waals surface area contributed by atoms with Gasteiger partial charge in [-0.2, -0.15) is 9.97 Å². The molecule has 12 N–H and O–H groups in total. The molecule has 60 nitrogen and oxygen atoms in total. The number of ether oxygens (including phenoxy) is 7. The third-order valence-corrected chi connectivity index (χ3v) is 35.2. The first-order chi connectivity index (χ1) is 68.8. The molecule has 0 bridgehead atoms. The zero-order chi connectivity index (χ0) is 105. The normalized spacial score (nSPS) is 29.5. The number of fused-ring (bicyclic) bond motifs is 3. The van der Waals surface area contributed by atoms with E-state index in [2.05, 4.69) is 64.8 Å².